The van der Waals surface area contributed by atoms with Crippen molar-refractivity contribution in [1.29, 1.82) is 0 Å². The minimum Gasteiger partial charge on any atom is -0.469 e. The maximum Gasteiger partial charge on any atom is 0.309 e. The highest BCUT2D eigenvalue weighted by Gasteiger charge is 2.02. The SMILES string of the molecule is C=C(CCC=C(C)C)CC(=O)OC. The van der Waals surface area contributed by atoms with Gasteiger partial charge in [0.1, 0.15) is 0 Å². The largest absolute Gasteiger partial charge is 0.469 e. The molecule has 0 aliphatic carbocycles. The molecule has 0 saturated heterocycles. The fourth-order valence-corrected chi connectivity index (χ4v) is 0.930. The molecule has 0 atom stereocenters. The molecule has 0 amide bonds. The lowest BCUT2D eigenvalue weighted by atomic mass is 10.1. The Hall–Kier alpha value is -1.05. The summed E-state index contributed by atoms with van der Waals surface area (Å²) in [5, 5.41) is 0. The number of carbonyl (C=O) groups is 1. The molecule has 0 aliphatic heterocycles. The van der Waals surface area contributed by atoms with Crippen LogP contribution >= 0.6 is 0 Å². The maximum absolute atomic E-state index is 10.8. The second kappa shape index (κ2) is 6.46. The van der Waals surface area contributed by atoms with Gasteiger partial charge in [-0.05, 0) is 26.7 Å². The number of rotatable bonds is 5. The molecule has 0 aromatic heterocycles. The zero-order chi connectivity index (χ0) is 10.3. The Labute approximate surface area is 80.3 Å². The number of allylic oxidation sites excluding steroid dienone is 2. The summed E-state index contributed by atoms with van der Waals surface area (Å²) in [5.41, 5.74) is 2.23. The van der Waals surface area contributed by atoms with E-state index in [-0.39, 0.29) is 5.97 Å². The quantitative estimate of drug-likeness (QED) is 0.482. The molecular formula is C11H18O2. The highest BCUT2D eigenvalue weighted by molar-refractivity contribution is 5.71. The van der Waals surface area contributed by atoms with E-state index in [2.05, 4.69) is 31.2 Å². The monoisotopic (exact) mass is 182 g/mol. The van der Waals surface area contributed by atoms with Gasteiger partial charge in [-0.1, -0.05) is 23.8 Å². The molecule has 0 unspecified atom stereocenters. The van der Waals surface area contributed by atoms with Gasteiger partial charge in [0.2, 0.25) is 0 Å². The first-order chi connectivity index (χ1) is 6.06. The average molecular weight is 182 g/mol. The molecular weight excluding hydrogens is 164 g/mol. The van der Waals surface area contributed by atoms with Gasteiger partial charge in [-0.2, -0.15) is 0 Å². The fourth-order valence-electron chi connectivity index (χ4n) is 0.930. The van der Waals surface area contributed by atoms with E-state index in [0.29, 0.717) is 6.42 Å². The van der Waals surface area contributed by atoms with Crippen LogP contribution in [-0.2, 0) is 9.53 Å². The van der Waals surface area contributed by atoms with E-state index in [0.717, 1.165) is 18.4 Å². The number of ether oxygens (including phenoxy) is 1. The van der Waals surface area contributed by atoms with Gasteiger partial charge in [0.05, 0.1) is 13.5 Å². The minimum atomic E-state index is -0.206. The topological polar surface area (TPSA) is 26.3 Å². The Bertz CT molecular complexity index is 210. The van der Waals surface area contributed by atoms with Crippen molar-refractivity contribution in [3.8, 4) is 0 Å². The first kappa shape index (κ1) is 11.9. The minimum absolute atomic E-state index is 0.206. The summed E-state index contributed by atoms with van der Waals surface area (Å²) >= 11 is 0. The van der Waals surface area contributed by atoms with Gasteiger partial charge in [0.15, 0.2) is 0 Å². The molecule has 74 valence electrons. The number of hydrogen-bond donors (Lipinski definition) is 0. The first-order valence-corrected chi connectivity index (χ1v) is 4.43. The van der Waals surface area contributed by atoms with Crippen LogP contribution in [-0.4, -0.2) is 13.1 Å². The molecule has 0 rings (SSSR count). The van der Waals surface area contributed by atoms with E-state index < -0.39 is 0 Å². The van der Waals surface area contributed by atoms with Crippen molar-refractivity contribution in [1.82, 2.24) is 0 Å². The molecule has 13 heavy (non-hydrogen) atoms. The van der Waals surface area contributed by atoms with Gasteiger partial charge in [0.25, 0.3) is 0 Å². The maximum atomic E-state index is 10.8. The van der Waals surface area contributed by atoms with E-state index in [1.54, 1.807) is 0 Å². The van der Waals surface area contributed by atoms with Crippen LogP contribution in [0.1, 0.15) is 33.1 Å². The zero-order valence-corrected chi connectivity index (χ0v) is 8.72. The molecule has 0 bridgehead atoms. The summed E-state index contributed by atoms with van der Waals surface area (Å²) in [7, 11) is 1.39. The molecule has 0 aliphatic rings. The second-order valence-corrected chi connectivity index (χ2v) is 3.32. The summed E-state index contributed by atoms with van der Waals surface area (Å²) in [6.07, 6.45) is 4.30. The molecule has 0 fully saturated rings. The lowest BCUT2D eigenvalue weighted by Crippen LogP contribution is -2.00. The lowest BCUT2D eigenvalue weighted by Gasteiger charge is -2.01. The first-order valence-electron chi connectivity index (χ1n) is 4.43. The summed E-state index contributed by atoms with van der Waals surface area (Å²) in [5.74, 6) is -0.206. The molecule has 0 N–H and O–H groups in total. The Balaban J connectivity index is 3.64. The summed E-state index contributed by atoms with van der Waals surface area (Å²) in [6, 6.07) is 0. The van der Waals surface area contributed by atoms with Crippen LogP contribution in [0, 0.1) is 0 Å². The molecule has 0 radical (unpaired) electrons. The van der Waals surface area contributed by atoms with Crippen LogP contribution in [0.15, 0.2) is 23.8 Å². The lowest BCUT2D eigenvalue weighted by molar-refractivity contribution is -0.139. The molecule has 2 nitrogen and oxygen atoms in total. The number of esters is 1. The van der Waals surface area contributed by atoms with Crippen molar-refractivity contribution >= 4 is 5.97 Å². The Morgan fingerprint density at radius 2 is 2.08 bits per heavy atom. The van der Waals surface area contributed by atoms with E-state index in [4.69, 9.17) is 0 Å². The van der Waals surface area contributed by atoms with Crippen molar-refractivity contribution < 1.29 is 9.53 Å². The predicted octanol–water partition coefficient (Wildman–Crippen LogP) is 2.85. The van der Waals surface area contributed by atoms with Crippen molar-refractivity contribution in [2.75, 3.05) is 7.11 Å². The van der Waals surface area contributed by atoms with Crippen molar-refractivity contribution in [3.05, 3.63) is 23.8 Å². The van der Waals surface area contributed by atoms with Crippen LogP contribution in [0.25, 0.3) is 0 Å². The van der Waals surface area contributed by atoms with E-state index in [9.17, 15) is 4.79 Å². The third-order valence-electron chi connectivity index (χ3n) is 1.67. The van der Waals surface area contributed by atoms with Crippen LogP contribution in [0.5, 0.6) is 0 Å². The number of carbonyl (C=O) groups excluding carboxylic acids is 1. The zero-order valence-electron chi connectivity index (χ0n) is 8.72. The van der Waals surface area contributed by atoms with Gasteiger partial charge >= 0.3 is 5.97 Å². The van der Waals surface area contributed by atoms with Crippen molar-refractivity contribution in [2.45, 2.75) is 33.1 Å². The third-order valence-corrected chi connectivity index (χ3v) is 1.67. The summed E-state index contributed by atoms with van der Waals surface area (Å²) in [4.78, 5) is 10.8. The third kappa shape index (κ3) is 7.32. The molecule has 0 aromatic rings. The van der Waals surface area contributed by atoms with Gasteiger partial charge < -0.3 is 4.74 Å². The highest BCUT2D eigenvalue weighted by Crippen LogP contribution is 2.09. The Morgan fingerprint density at radius 3 is 2.54 bits per heavy atom. The van der Waals surface area contributed by atoms with Crippen molar-refractivity contribution in [2.24, 2.45) is 0 Å². The fraction of sp³-hybridized carbons (Fsp3) is 0.545. The van der Waals surface area contributed by atoms with Gasteiger partial charge in [-0.25, -0.2) is 0 Å². The van der Waals surface area contributed by atoms with Crippen LogP contribution in [0.3, 0.4) is 0 Å². The predicted molar refractivity (Wildman–Crippen MR) is 54.4 cm³/mol. The van der Waals surface area contributed by atoms with E-state index in [1.807, 2.05) is 0 Å². The smallest absolute Gasteiger partial charge is 0.309 e. The van der Waals surface area contributed by atoms with E-state index >= 15 is 0 Å². The van der Waals surface area contributed by atoms with Gasteiger partial charge in [0, 0.05) is 0 Å². The summed E-state index contributed by atoms with van der Waals surface area (Å²) < 4.78 is 4.53. The standard InChI is InChI=1S/C11H18O2/c1-9(2)6-5-7-10(3)8-11(12)13-4/h6H,3,5,7-8H2,1-2,4H3. The molecule has 0 heterocycles. The second-order valence-electron chi connectivity index (χ2n) is 3.32. The highest BCUT2D eigenvalue weighted by atomic mass is 16.5. The summed E-state index contributed by atoms with van der Waals surface area (Å²) in [6.45, 7) is 7.93. The molecule has 0 aromatic carbocycles. The van der Waals surface area contributed by atoms with Crippen molar-refractivity contribution in [3.63, 3.8) is 0 Å². The Kier molecular flexibility index (Phi) is 5.94. The normalized spacial score (nSPS) is 9.15. The van der Waals surface area contributed by atoms with Gasteiger partial charge in [-0.3, -0.25) is 4.79 Å². The van der Waals surface area contributed by atoms with Crippen LogP contribution < -0.4 is 0 Å². The number of methoxy groups -OCH3 is 1. The Morgan fingerprint density at radius 1 is 1.46 bits per heavy atom. The van der Waals surface area contributed by atoms with Gasteiger partial charge in [-0.15, -0.1) is 0 Å². The average Bonchev–Trinajstić information content (AvgIpc) is 2.03. The molecule has 0 saturated carbocycles. The molecule has 0 spiro atoms. The van der Waals surface area contributed by atoms with Crippen LogP contribution in [0.4, 0.5) is 0 Å². The number of hydrogen-bond acceptors (Lipinski definition) is 2. The van der Waals surface area contributed by atoms with Crippen LogP contribution in [0.2, 0.25) is 0 Å². The van der Waals surface area contributed by atoms with E-state index in [1.165, 1.54) is 12.7 Å². The molecule has 2 heteroatoms.